The van der Waals surface area contributed by atoms with Crippen LogP contribution in [0.4, 0.5) is 17.2 Å². The van der Waals surface area contributed by atoms with Crippen LogP contribution in [0, 0.1) is 0 Å². The minimum atomic E-state index is 0.612. The number of aromatic nitrogens is 1. The van der Waals surface area contributed by atoms with Gasteiger partial charge in [0.2, 0.25) is 0 Å². The van der Waals surface area contributed by atoms with Crippen LogP contribution in [0.2, 0.25) is 0 Å². The summed E-state index contributed by atoms with van der Waals surface area (Å²) in [6.45, 7) is 0. The zero-order valence-corrected chi connectivity index (χ0v) is 9.91. The Hall–Kier alpha value is -2.23. The summed E-state index contributed by atoms with van der Waals surface area (Å²) >= 11 is 0. The minimum absolute atomic E-state index is 0.612. The van der Waals surface area contributed by atoms with E-state index in [1.54, 1.807) is 6.20 Å². The molecule has 0 N–H and O–H groups in total. The fourth-order valence-electron chi connectivity index (χ4n) is 1.44. The van der Waals surface area contributed by atoms with Crippen LogP contribution >= 0.6 is 0 Å². The third kappa shape index (κ3) is 2.87. The SMILES string of the molecule is CN(C)c1ccccc1N=Nc1ccccn1. The number of hydrogen-bond acceptors (Lipinski definition) is 4. The summed E-state index contributed by atoms with van der Waals surface area (Å²) in [6.07, 6.45) is 1.70. The number of para-hydroxylation sites is 1. The highest BCUT2D eigenvalue weighted by atomic mass is 15.2. The fraction of sp³-hybridized carbons (Fsp3) is 0.154. The van der Waals surface area contributed by atoms with Gasteiger partial charge in [0.1, 0.15) is 5.69 Å². The Labute approximate surface area is 101 Å². The molecule has 86 valence electrons. The molecule has 0 radical (unpaired) electrons. The largest absolute Gasteiger partial charge is 0.376 e. The van der Waals surface area contributed by atoms with Crippen LogP contribution in [0.5, 0.6) is 0 Å². The Balaban J connectivity index is 2.27. The third-order valence-electron chi connectivity index (χ3n) is 2.27. The predicted molar refractivity (Wildman–Crippen MR) is 69.2 cm³/mol. The number of rotatable bonds is 3. The van der Waals surface area contributed by atoms with Crippen LogP contribution in [0.1, 0.15) is 0 Å². The third-order valence-corrected chi connectivity index (χ3v) is 2.27. The van der Waals surface area contributed by atoms with E-state index < -0.39 is 0 Å². The van der Waals surface area contributed by atoms with E-state index in [-0.39, 0.29) is 0 Å². The van der Waals surface area contributed by atoms with Crippen LogP contribution in [-0.4, -0.2) is 19.1 Å². The lowest BCUT2D eigenvalue weighted by atomic mass is 10.2. The predicted octanol–water partition coefficient (Wildman–Crippen LogP) is 3.56. The highest BCUT2D eigenvalue weighted by Crippen LogP contribution is 2.27. The zero-order chi connectivity index (χ0) is 12.1. The maximum absolute atomic E-state index is 4.22. The molecular weight excluding hydrogens is 212 g/mol. The van der Waals surface area contributed by atoms with Gasteiger partial charge in [0.05, 0.1) is 5.69 Å². The van der Waals surface area contributed by atoms with Crippen LogP contribution in [0.15, 0.2) is 58.9 Å². The van der Waals surface area contributed by atoms with Crippen molar-refractivity contribution in [3.05, 3.63) is 48.7 Å². The van der Waals surface area contributed by atoms with Crippen LogP contribution in [0.25, 0.3) is 0 Å². The number of azo groups is 1. The highest BCUT2D eigenvalue weighted by Gasteiger charge is 2.01. The van der Waals surface area contributed by atoms with Crippen molar-refractivity contribution in [3.63, 3.8) is 0 Å². The molecule has 0 aliphatic rings. The molecule has 0 aliphatic heterocycles. The van der Waals surface area contributed by atoms with E-state index >= 15 is 0 Å². The second kappa shape index (κ2) is 5.21. The molecule has 0 amide bonds. The summed E-state index contributed by atoms with van der Waals surface area (Å²) in [5.41, 5.74) is 1.87. The lowest BCUT2D eigenvalue weighted by molar-refractivity contribution is 1.10. The molecule has 2 aromatic rings. The van der Waals surface area contributed by atoms with Gasteiger partial charge in [-0.1, -0.05) is 18.2 Å². The number of hydrogen-bond donors (Lipinski definition) is 0. The second-order valence-corrected chi connectivity index (χ2v) is 3.77. The number of benzene rings is 1. The van der Waals surface area contributed by atoms with Crippen LogP contribution < -0.4 is 4.90 Å². The first-order valence-corrected chi connectivity index (χ1v) is 5.36. The summed E-state index contributed by atoms with van der Waals surface area (Å²) in [4.78, 5) is 6.10. The van der Waals surface area contributed by atoms with Crippen molar-refractivity contribution in [1.82, 2.24) is 4.98 Å². The summed E-state index contributed by atoms with van der Waals surface area (Å²) in [5, 5.41) is 8.33. The summed E-state index contributed by atoms with van der Waals surface area (Å²) < 4.78 is 0. The molecule has 17 heavy (non-hydrogen) atoms. The second-order valence-electron chi connectivity index (χ2n) is 3.77. The Kier molecular flexibility index (Phi) is 3.45. The summed E-state index contributed by atoms with van der Waals surface area (Å²) in [7, 11) is 3.96. The standard InChI is InChI=1S/C13H14N4/c1-17(2)12-8-4-3-7-11(12)15-16-13-9-5-6-10-14-13/h3-10H,1-2H3. The molecular formula is C13H14N4. The first kappa shape index (κ1) is 11.3. The Morgan fingerprint density at radius 3 is 2.41 bits per heavy atom. The first-order chi connectivity index (χ1) is 8.27. The number of anilines is 1. The molecule has 0 aliphatic carbocycles. The first-order valence-electron chi connectivity index (χ1n) is 5.36. The van der Waals surface area contributed by atoms with Gasteiger partial charge in [0.15, 0.2) is 5.82 Å². The molecule has 1 aromatic heterocycles. The number of nitrogens with zero attached hydrogens (tertiary/aromatic N) is 4. The van der Waals surface area contributed by atoms with Crippen molar-refractivity contribution in [2.45, 2.75) is 0 Å². The van der Waals surface area contributed by atoms with Crippen LogP contribution in [-0.2, 0) is 0 Å². The van der Waals surface area contributed by atoms with Gasteiger partial charge in [-0.2, -0.15) is 0 Å². The van der Waals surface area contributed by atoms with E-state index in [0.29, 0.717) is 5.82 Å². The lowest BCUT2D eigenvalue weighted by Crippen LogP contribution is -2.08. The van der Waals surface area contributed by atoms with E-state index in [9.17, 15) is 0 Å². The molecule has 0 fully saturated rings. The van der Waals surface area contributed by atoms with Crippen molar-refractivity contribution in [2.75, 3.05) is 19.0 Å². The molecule has 0 saturated carbocycles. The molecule has 1 heterocycles. The zero-order valence-electron chi connectivity index (χ0n) is 9.91. The summed E-state index contributed by atoms with van der Waals surface area (Å²) in [6, 6.07) is 13.4. The lowest BCUT2D eigenvalue weighted by Gasteiger charge is -2.13. The van der Waals surface area contributed by atoms with Crippen molar-refractivity contribution in [3.8, 4) is 0 Å². The molecule has 2 rings (SSSR count). The average Bonchev–Trinajstić information content (AvgIpc) is 2.38. The van der Waals surface area contributed by atoms with Gasteiger partial charge >= 0.3 is 0 Å². The maximum atomic E-state index is 4.22. The maximum Gasteiger partial charge on any atom is 0.174 e. The van der Waals surface area contributed by atoms with E-state index in [0.717, 1.165) is 11.4 Å². The Morgan fingerprint density at radius 2 is 1.71 bits per heavy atom. The molecule has 0 spiro atoms. The monoisotopic (exact) mass is 226 g/mol. The fourth-order valence-corrected chi connectivity index (χ4v) is 1.44. The minimum Gasteiger partial charge on any atom is -0.376 e. The van der Waals surface area contributed by atoms with Crippen LogP contribution in [0.3, 0.4) is 0 Å². The van der Waals surface area contributed by atoms with E-state index in [4.69, 9.17) is 0 Å². The van der Waals surface area contributed by atoms with Crippen molar-refractivity contribution in [1.29, 1.82) is 0 Å². The van der Waals surface area contributed by atoms with Crippen molar-refractivity contribution >= 4 is 17.2 Å². The van der Waals surface area contributed by atoms with Gasteiger partial charge in [-0.05, 0) is 24.3 Å². The topological polar surface area (TPSA) is 40.9 Å². The molecule has 4 nitrogen and oxygen atoms in total. The summed E-state index contributed by atoms with van der Waals surface area (Å²) in [5.74, 6) is 0.612. The normalized spacial score (nSPS) is 10.7. The highest BCUT2D eigenvalue weighted by molar-refractivity contribution is 5.65. The van der Waals surface area contributed by atoms with Gasteiger partial charge in [-0.15, -0.1) is 10.2 Å². The van der Waals surface area contributed by atoms with E-state index in [1.807, 2.05) is 61.5 Å². The molecule has 0 atom stereocenters. The Bertz CT molecular complexity index is 506. The molecule has 4 heteroatoms. The molecule has 0 bridgehead atoms. The quantitative estimate of drug-likeness (QED) is 0.751. The van der Waals surface area contributed by atoms with Crippen molar-refractivity contribution < 1.29 is 0 Å². The van der Waals surface area contributed by atoms with Gasteiger partial charge in [-0.25, -0.2) is 4.98 Å². The number of pyridine rings is 1. The average molecular weight is 226 g/mol. The van der Waals surface area contributed by atoms with Crippen molar-refractivity contribution in [2.24, 2.45) is 10.2 Å². The van der Waals surface area contributed by atoms with Gasteiger partial charge in [0, 0.05) is 20.3 Å². The van der Waals surface area contributed by atoms with Gasteiger partial charge < -0.3 is 4.90 Å². The molecule has 0 saturated heterocycles. The van der Waals surface area contributed by atoms with E-state index in [1.165, 1.54) is 0 Å². The van der Waals surface area contributed by atoms with Gasteiger partial charge in [0.25, 0.3) is 0 Å². The molecule has 0 unspecified atom stereocenters. The molecule has 1 aromatic carbocycles. The smallest absolute Gasteiger partial charge is 0.174 e. The van der Waals surface area contributed by atoms with Gasteiger partial charge in [-0.3, -0.25) is 0 Å². The Morgan fingerprint density at radius 1 is 0.941 bits per heavy atom. The van der Waals surface area contributed by atoms with E-state index in [2.05, 4.69) is 15.2 Å².